The van der Waals surface area contributed by atoms with Gasteiger partial charge in [-0.15, -0.1) is 0 Å². The van der Waals surface area contributed by atoms with E-state index in [2.05, 4.69) is 25.9 Å². The Morgan fingerprint density at radius 2 is 2.24 bits per heavy atom. The van der Waals surface area contributed by atoms with Crippen molar-refractivity contribution in [1.82, 2.24) is 9.97 Å². The lowest BCUT2D eigenvalue weighted by Crippen LogP contribution is -2.09. The van der Waals surface area contributed by atoms with Gasteiger partial charge in [-0.2, -0.15) is 0 Å². The zero-order valence-corrected chi connectivity index (χ0v) is 12.9. The third-order valence-corrected chi connectivity index (χ3v) is 3.28. The molecular formula is C15H13BrN2O3. The van der Waals surface area contributed by atoms with Gasteiger partial charge >= 0.3 is 5.97 Å². The highest BCUT2D eigenvalue weighted by Crippen LogP contribution is 2.27. The number of rotatable bonds is 5. The lowest BCUT2D eigenvalue weighted by Gasteiger charge is -2.07. The second kappa shape index (κ2) is 6.99. The number of halogens is 1. The van der Waals surface area contributed by atoms with Gasteiger partial charge in [-0.25, -0.2) is 4.79 Å². The summed E-state index contributed by atoms with van der Waals surface area (Å²) in [5, 5.41) is 8.60. The van der Waals surface area contributed by atoms with E-state index in [1.165, 1.54) is 0 Å². The number of allylic oxidation sites excluding steroid dienone is 1. The maximum absolute atomic E-state index is 10.5. The van der Waals surface area contributed by atoms with Crippen LogP contribution < -0.4 is 4.74 Å². The minimum atomic E-state index is -1.01. The first-order valence-corrected chi connectivity index (χ1v) is 6.94. The molecule has 108 valence electrons. The molecule has 1 N–H and O–H groups in total. The smallest absolute Gasteiger partial charge is 0.341 e. The lowest BCUT2D eigenvalue weighted by atomic mass is 10.1. The van der Waals surface area contributed by atoms with Crippen molar-refractivity contribution >= 4 is 33.5 Å². The van der Waals surface area contributed by atoms with E-state index >= 15 is 0 Å². The quantitative estimate of drug-likeness (QED) is 0.897. The van der Waals surface area contributed by atoms with Crippen molar-refractivity contribution in [2.45, 2.75) is 6.92 Å². The molecule has 0 bridgehead atoms. The van der Waals surface area contributed by atoms with Crippen LogP contribution in [0.2, 0.25) is 0 Å². The minimum Gasteiger partial charge on any atom is -0.481 e. The molecule has 0 spiro atoms. The minimum absolute atomic E-state index is 0.369. The van der Waals surface area contributed by atoms with Crippen LogP contribution >= 0.6 is 15.9 Å². The van der Waals surface area contributed by atoms with Crippen LogP contribution in [0.25, 0.3) is 11.6 Å². The SMILES string of the molecule is C/C(=C/c1ccc(OCC(=O)O)c(Br)c1)c1cnccn1. The van der Waals surface area contributed by atoms with Crippen LogP contribution in [0.3, 0.4) is 0 Å². The van der Waals surface area contributed by atoms with E-state index in [-0.39, 0.29) is 6.61 Å². The van der Waals surface area contributed by atoms with Gasteiger partial charge in [0, 0.05) is 12.4 Å². The fraction of sp³-hybridized carbons (Fsp3) is 0.133. The van der Waals surface area contributed by atoms with Crippen molar-refractivity contribution in [2.75, 3.05) is 6.61 Å². The van der Waals surface area contributed by atoms with Crippen LogP contribution in [-0.2, 0) is 4.79 Å². The molecule has 6 heteroatoms. The van der Waals surface area contributed by atoms with Gasteiger partial charge in [0.05, 0.1) is 16.4 Å². The average Bonchev–Trinajstić information content (AvgIpc) is 2.47. The van der Waals surface area contributed by atoms with Gasteiger partial charge in [-0.3, -0.25) is 9.97 Å². The standard InChI is InChI=1S/C15H13BrN2O3/c1-10(13-8-17-4-5-18-13)6-11-2-3-14(12(16)7-11)21-9-15(19)20/h2-8H,9H2,1H3,(H,19,20)/b10-6-. The molecule has 0 aliphatic heterocycles. The molecule has 0 atom stereocenters. The number of hydrogen-bond donors (Lipinski definition) is 1. The van der Waals surface area contributed by atoms with Crippen LogP contribution in [0.4, 0.5) is 0 Å². The summed E-state index contributed by atoms with van der Waals surface area (Å²) < 4.78 is 5.85. The lowest BCUT2D eigenvalue weighted by molar-refractivity contribution is -0.139. The molecule has 0 unspecified atom stereocenters. The third-order valence-electron chi connectivity index (χ3n) is 2.66. The molecule has 2 aromatic rings. The number of carboxylic acid groups (broad SMARTS) is 1. The molecule has 1 aromatic carbocycles. The number of nitrogens with zero attached hydrogens (tertiary/aromatic N) is 2. The fourth-order valence-electron chi connectivity index (χ4n) is 1.69. The summed E-state index contributed by atoms with van der Waals surface area (Å²) in [5.74, 6) is -0.518. The van der Waals surface area contributed by atoms with Crippen molar-refractivity contribution in [3.05, 3.63) is 52.5 Å². The summed E-state index contributed by atoms with van der Waals surface area (Å²) >= 11 is 3.37. The summed E-state index contributed by atoms with van der Waals surface area (Å²) in [4.78, 5) is 18.8. The summed E-state index contributed by atoms with van der Waals surface area (Å²) in [6.07, 6.45) is 6.94. The number of aromatic nitrogens is 2. The Morgan fingerprint density at radius 1 is 1.43 bits per heavy atom. The van der Waals surface area contributed by atoms with E-state index in [9.17, 15) is 4.79 Å². The van der Waals surface area contributed by atoms with Crippen LogP contribution in [0.5, 0.6) is 5.75 Å². The molecule has 0 radical (unpaired) electrons. The largest absolute Gasteiger partial charge is 0.481 e. The highest BCUT2D eigenvalue weighted by Gasteiger charge is 2.05. The molecule has 0 amide bonds. The van der Waals surface area contributed by atoms with Gasteiger partial charge in [0.15, 0.2) is 6.61 Å². The number of carboxylic acids is 1. The fourth-order valence-corrected chi connectivity index (χ4v) is 2.20. The highest BCUT2D eigenvalue weighted by molar-refractivity contribution is 9.10. The molecule has 2 rings (SSSR count). The van der Waals surface area contributed by atoms with Gasteiger partial charge in [0.1, 0.15) is 5.75 Å². The van der Waals surface area contributed by atoms with Gasteiger partial charge in [-0.1, -0.05) is 6.07 Å². The predicted molar refractivity (Wildman–Crippen MR) is 82.8 cm³/mol. The monoisotopic (exact) mass is 348 g/mol. The molecule has 5 nitrogen and oxygen atoms in total. The number of aliphatic carboxylic acids is 1. The first kappa shape index (κ1) is 15.2. The molecular weight excluding hydrogens is 336 g/mol. The molecule has 0 aliphatic carbocycles. The van der Waals surface area contributed by atoms with Crippen molar-refractivity contribution in [1.29, 1.82) is 0 Å². The molecule has 1 heterocycles. The van der Waals surface area contributed by atoms with E-state index in [0.29, 0.717) is 10.2 Å². The predicted octanol–water partition coefficient (Wildman–Crippen LogP) is 3.26. The summed E-state index contributed by atoms with van der Waals surface area (Å²) in [6.45, 7) is 1.58. The molecule has 0 saturated carbocycles. The first-order chi connectivity index (χ1) is 10.1. The van der Waals surface area contributed by atoms with E-state index in [0.717, 1.165) is 16.8 Å². The zero-order valence-electron chi connectivity index (χ0n) is 11.3. The molecule has 1 aromatic heterocycles. The molecule has 0 saturated heterocycles. The van der Waals surface area contributed by atoms with E-state index in [1.807, 2.05) is 25.1 Å². The summed E-state index contributed by atoms with van der Waals surface area (Å²) in [5.41, 5.74) is 2.74. The van der Waals surface area contributed by atoms with E-state index in [1.54, 1.807) is 24.7 Å². The Bertz CT molecular complexity index is 672. The van der Waals surface area contributed by atoms with Gasteiger partial charge in [0.25, 0.3) is 0 Å². The highest BCUT2D eigenvalue weighted by atomic mass is 79.9. The molecule has 0 aliphatic rings. The van der Waals surface area contributed by atoms with Crippen LogP contribution in [0, 0.1) is 0 Å². The van der Waals surface area contributed by atoms with Crippen LogP contribution in [-0.4, -0.2) is 27.7 Å². The summed E-state index contributed by atoms with van der Waals surface area (Å²) in [6, 6.07) is 5.43. The van der Waals surface area contributed by atoms with Crippen molar-refractivity contribution in [3.8, 4) is 5.75 Å². The number of benzene rings is 1. The molecule has 21 heavy (non-hydrogen) atoms. The topological polar surface area (TPSA) is 72.3 Å². The Hall–Kier alpha value is -2.21. The Labute approximate surface area is 130 Å². The zero-order chi connectivity index (χ0) is 15.2. The normalized spacial score (nSPS) is 11.2. The van der Waals surface area contributed by atoms with Gasteiger partial charge < -0.3 is 9.84 Å². The second-order valence-electron chi connectivity index (χ2n) is 4.29. The second-order valence-corrected chi connectivity index (χ2v) is 5.14. The number of carbonyl (C=O) groups is 1. The maximum Gasteiger partial charge on any atom is 0.341 e. The van der Waals surface area contributed by atoms with Crippen molar-refractivity contribution in [2.24, 2.45) is 0 Å². The molecule has 0 fully saturated rings. The average molecular weight is 349 g/mol. The number of hydrogen-bond acceptors (Lipinski definition) is 4. The van der Waals surface area contributed by atoms with Crippen molar-refractivity contribution < 1.29 is 14.6 Å². The third kappa shape index (κ3) is 4.39. The van der Waals surface area contributed by atoms with E-state index in [4.69, 9.17) is 9.84 Å². The Kier molecular flexibility index (Phi) is 5.05. The first-order valence-electron chi connectivity index (χ1n) is 6.15. The van der Waals surface area contributed by atoms with Crippen molar-refractivity contribution in [3.63, 3.8) is 0 Å². The summed E-state index contributed by atoms with van der Waals surface area (Å²) in [7, 11) is 0. The number of ether oxygens (including phenoxy) is 1. The maximum atomic E-state index is 10.5. The van der Waals surface area contributed by atoms with Crippen LogP contribution in [0.1, 0.15) is 18.2 Å². The van der Waals surface area contributed by atoms with Gasteiger partial charge in [0.2, 0.25) is 0 Å². The van der Waals surface area contributed by atoms with Gasteiger partial charge in [-0.05, 0) is 52.2 Å². The van der Waals surface area contributed by atoms with Crippen LogP contribution in [0.15, 0.2) is 41.3 Å². The Balaban J connectivity index is 2.18. The van der Waals surface area contributed by atoms with E-state index < -0.39 is 5.97 Å². The Morgan fingerprint density at radius 3 is 2.86 bits per heavy atom.